The van der Waals surface area contributed by atoms with E-state index < -0.39 is 0 Å². The van der Waals surface area contributed by atoms with Gasteiger partial charge in [-0.3, -0.25) is 4.68 Å². The first-order chi connectivity index (χ1) is 7.10. The number of aryl methyl sites for hydroxylation is 2. The van der Waals surface area contributed by atoms with E-state index in [0.717, 1.165) is 22.8 Å². The molecule has 1 heterocycles. The normalized spacial score (nSPS) is 13.1. The van der Waals surface area contributed by atoms with E-state index in [2.05, 4.69) is 5.10 Å². The molecule has 1 aromatic heterocycles. The molecular formula is C10H18ClN3O. The minimum Gasteiger partial charge on any atom is -0.383 e. The summed E-state index contributed by atoms with van der Waals surface area (Å²) in [5.41, 5.74) is 7.79. The molecule has 86 valence electrons. The Bertz CT molecular complexity index is 325. The zero-order valence-electron chi connectivity index (χ0n) is 9.46. The molecule has 0 aliphatic rings. The molecule has 0 aliphatic heterocycles. The summed E-state index contributed by atoms with van der Waals surface area (Å²) >= 11 is 6.19. The molecule has 2 N–H and O–H groups in total. The average Bonchev–Trinajstić information content (AvgIpc) is 2.45. The first-order valence-electron chi connectivity index (χ1n) is 5.04. The molecule has 0 fully saturated rings. The first kappa shape index (κ1) is 12.5. The molecule has 0 spiro atoms. The number of rotatable bonds is 5. The van der Waals surface area contributed by atoms with Crippen LogP contribution in [0.2, 0.25) is 5.02 Å². The van der Waals surface area contributed by atoms with E-state index >= 15 is 0 Å². The van der Waals surface area contributed by atoms with E-state index in [4.69, 9.17) is 22.1 Å². The van der Waals surface area contributed by atoms with Gasteiger partial charge in [0.25, 0.3) is 0 Å². The summed E-state index contributed by atoms with van der Waals surface area (Å²) in [5.74, 6) is 0. The highest BCUT2D eigenvalue weighted by Crippen LogP contribution is 2.21. The quantitative estimate of drug-likeness (QED) is 0.827. The molecule has 5 heteroatoms. The van der Waals surface area contributed by atoms with Gasteiger partial charge in [-0.15, -0.1) is 0 Å². The molecule has 1 aromatic rings. The van der Waals surface area contributed by atoms with Crippen molar-refractivity contribution in [3.05, 3.63) is 16.4 Å². The number of nitrogens with two attached hydrogens (primary N) is 1. The van der Waals surface area contributed by atoms with Crippen molar-refractivity contribution in [1.29, 1.82) is 0 Å². The summed E-state index contributed by atoms with van der Waals surface area (Å²) in [6.07, 6.45) is 1.53. The fourth-order valence-corrected chi connectivity index (χ4v) is 1.93. The lowest BCUT2D eigenvalue weighted by molar-refractivity contribution is 0.179. The molecule has 0 aromatic carbocycles. The number of methoxy groups -OCH3 is 1. The van der Waals surface area contributed by atoms with Gasteiger partial charge < -0.3 is 10.5 Å². The standard InChI is InChI=1S/C10H18ClN3O/c1-4-8-10(11)9(14(2)13-8)5-7(12)6-15-3/h7H,4-6,12H2,1-3H3. The van der Waals surface area contributed by atoms with Crippen LogP contribution in [0.3, 0.4) is 0 Å². The van der Waals surface area contributed by atoms with Gasteiger partial charge in [0, 0.05) is 26.6 Å². The third kappa shape index (κ3) is 2.93. The number of aromatic nitrogens is 2. The second-order valence-electron chi connectivity index (χ2n) is 3.60. The molecule has 0 radical (unpaired) electrons. The third-order valence-corrected chi connectivity index (χ3v) is 2.78. The molecule has 0 amide bonds. The van der Waals surface area contributed by atoms with Crippen molar-refractivity contribution >= 4 is 11.6 Å². The van der Waals surface area contributed by atoms with Crippen molar-refractivity contribution in [1.82, 2.24) is 9.78 Å². The highest BCUT2D eigenvalue weighted by Gasteiger charge is 2.15. The molecule has 1 rings (SSSR count). The van der Waals surface area contributed by atoms with Crippen molar-refractivity contribution < 1.29 is 4.74 Å². The summed E-state index contributed by atoms with van der Waals surface area (Å²) in [4.78, 5) is 0. The minimum absolute atomic E-state index is 0.0346. The lowest BCUT2D eigenvalue weighted by atomic mass is 10.1. The fourth-order valence-electron chi connectivity index (χ4n) is 1.56. The molecule has 1 atom stereocenters. The minimum atomic E-state index is -0.0346. The molecule has 0 saturated heterocycles. The maximum absolute atomic E-state index is 6.19. The highest BCUT2D eigenvalue weighted by molar-refractivity contribution is 6.31. The maximum atomic E-state index is 6.19. The fraction of sp³-hybridized carbons (Fsp3) is 0.700. The van der Waals surface area contributed by atoms with Gasteiger partial charge >= 0.3 is 0 Å². The van der Waals surface area contributed by atoms with Gasteiger partial charge in [-0.25, -0.2) is 0 Å². The predicted molar refractivity (Wildman–Crippen MR) is 61.2 cm³/mol. The van der Waals surface area contributed by atoms with Gasteiger partial charge in [-0.2, -0.15) is 5.10 Å². The molecule has 15 heavy (non-hydrogen) atoms. The van der Waals surface area contributed by atoms with Crippen LogP contribution in [-0.2, 0) is 24.6 Å². The van der Waals surface area contributed by atoms with Gasteiger partial charge in [0.05, 0.1) is 23.0 Å². The Morgan fingerprint density at radius 1 is 1.60 bits per heavy atom. The van der Waals surface area contributed by atoms with Gasteiger partial charge in [-0.05, 0) is 6.42 Å². The Labute approximate surface area is 95.3 Å². The van der Waals surface area contributed by atoms with Gasteiger partial charge in [-0.1, -0.05) is 18.5 Å². The second kappa shape index (κ2) is 5.49. The zero-order chi connectivity index (χ0) is 11.4. The van der Waals surface area contributed by atoms with Crippen LogP contribution < -0.4 is 5.73 Å². The van der Waals surface area contributed by atoms with Crippen LogP contribution in [0.25, 0.3) is 0 Å². The van der Waals surface area contributed by atoms with Crippen LogP contribution >= 0.6 is 11.6 Å². The van der Waals surface area contributed by atoms with Gasteiger partial charge in [0.1, 0.15) is 0 Å². The summed E-state index contributed by atoms with van der Waals surface area (Å²) in [6.45, 7) is 2.57. The Morgan fingerprint density at radius 3 is 2.73 bits per heavy atom. The van der Waals surface area contributed by atoms with Crippen LogP contribution in [0.4, 0.5) is 0 Å². The van der Waals surface area contributed by atoms with Crippen molar-refractivity contribution in [2.24, 2.45) is 12.8 Å². The molecule has 0 bridgehead atoms. The maximum Gasteiger partial charge on any atom is 0.0850 e. The Hall–Kier alpha value is -0.580. The summed E-state index contributed by atoms with van der Waals surface area (Å²) in [5, 5.41) is 5.07. The first-order valence-corrected chi connectivity index (χ1v) is 5.42. The van der Waals surface area contributed by atoms with E-state index in [1.165, 1.54) is 0 Å². The number of hydrogen-bond acceptors (Lipinski definition) is 3. The Balaban J connectivity index is 2.80. The predicted octanol–water partition coefficient (Wildman–Crippen LogP) is 1.15. The van der Waals surface area contributed by atoms with E-state index in [9.17, 15) is 0 Å². The third-order valence-electron chi connectivity index (χ3n) is 2.34. The molecular weight excluding hydrogens is 214 g/mol. The molecule has 1 unspecified atom stereocenters. The van der Waals surface area contributed by atoms with Crippen LogP contribution in [0.15, 0.2) is 0 Å². The van der Waals surface area contributed by atoms with Crippen LogP contribution in [0.1, 0.15) is 18.3 Å². The van der Waals surface area contributed by atoms with Gasteiger partial charge in [0.15, 0.2) is 0 Å². The highest BCUT2D eigenvalue weighted by atomic mass is 35.5. The van der Waals surface area contributed by atoms with Crippen LogP contribution in [-0.4, -0.2) is 29.5 Å². The summed E-state index contributed by atoms with van der Waals surface area (Å²) < 4.78 is 6.79. The largest absolute Gasteiger partial charge is 0.383 e. The monoisotopic (exact) mass is 231 g/mol. The lowest BCUT2D eigenvalue weighted by Crippen LogP contribution is -2.29. The average molecular weight is 232 g/mol. The summed E-state index contributed by atoms with van der Waals surface area (Å²) in [6, 6.07) is -0.0346. The van der Waals surface area contributed by atoms with Crippen molar-refractivity contribution in [3.8, 4) is 0 Å². The zero-order valence-corrected chi connectivity index (χ0v) is 10.2. The lowest BCUT2D eigenvalue weighted by Gasteiger charge is -2.10. The summed E-state index contributed by atoms with van der Waals surface area (Å²) in [7, 11) is 3.53. The smallest absolute Gasteiger partial charge is 0.0850 e. The van der Waals surface area contributed by atoms with Crippen molar-refractivity contribution in [3.63, 3.8) is 0 Å². The van der Waals surface area contributed by atoms with E-state index in [-0.39, 0.29) is 6.04 Å². The Kier molecular flexibility index (Phi) is 4.57. The molecule has 0 aliphatic carbocycles. The van der Waals surface area contributed by atoms with Crippen molar-refractivity contribution in [2.45, 2.75) is 25.8 Å². The molecule has 0 saturated carbocycles. The van der Waals surface area contributed by atoms with Crippen molar-refractivity contribution in [2.75, 3.05) is 13.7 Å². The number of nitrogens with zero attached hydrogens (tertiary/aromatic N) is 2. The van der Waals surface area contributed by atoms with Crippen LogP contribution in [0.5, 0.6) is 0 Å². The second-order valence-corrected chi connectivity index (χ2v) is 3.98. The number of ether oxygens (including phenoxy) is 1. The van der Waals surface area contributed by atoms with E-state index in [0.29, 0.717) is 13.0 Å². The molecule has 4 nitrogen and oxygen atoms in total. The van der Waals surface area contributed by atoms with Gasteiger partial charge in [0.2, 0.25) is 0 Å². The van der Waals surface area contributed by atoms with E-state index in [1.807, 2.05) is 14.0 Å². The topological polar surface area (TPSA) is 53.1 Å². The SMILES string of the molecule is CCc1nn(C)c(CC(N)COC)c1Cl. The Morgan fingerprint density at radius 2 is 2.27 bits per heavy atom. The number of halogens is 1. The van der Waals surface area contributed by atoms with Crippen LogP contribution in [0, 0.1) is 0 Å². The van der Waals surface area contributed by atoms with E-state index in [1.54, 1.807) is 11.8 Å². The number of hydrogen-bond donors (Lipinski definition) is 1.